The minimum absolute atomic E-state index is 0.0742. The molecule has 0 radical (unpaired) electrons. The van der Waals surface area contributed by atoms with Gasteiger partial charge < -0.3 is 16.4 Å². The van der Waals surface area contributed by atoms with E-state index in [1.165, 1.54) is 5.56 Å². The Bertz CT molecular complexity index is 844. The number of fused-ring (bicyclic) bond motifs is 1. The van der Waals surface area contributed by atoms with Gasteiger partial charge >= 0.3 is 0 Å². The highest BCUT2D eigenvalue weighted by atomic mass is 16.2. The van der Waals surface area contributed by atoms with Crippen molar-refractivity contribution in [2.24, 2.45) is 5.73 Å². The molecular weight excluding hydrogens is 326 g/mol. The highest BCUT2D eigenvalue weighted by molar-refractivity contribution is 5.98. The normalized spacial score (nSPS) is 20.5. The van der Waals surface area contributed by atoms with E-state index in [9.17, 15) is 9.59 Å². The quantitative estimate of drug-likeness (QED) is 0.792. The smallest absolute Gasteiger partial charge is 0.251 e. The van der Waals surface area contributed by atoms with Gasteiger partial charge in [0.1, 0.15) is 0 Å². The largest absolute Gasteiger partial charge is 0.351 e. The number of hydrogen-bond acceptors (Lipinski definition) is 3. The van der Waals surface area contributed by atoms with E-state index in [0.717, 1.165) is 24.1 Å². The Morgan fingerprint density at radius 2 is 1.96 bits per heavy atom. The molecule has 0 spiro atoms. The lowest BCUT2D eigenvalue weighted by Gasteiger charge is -2.17. The first kappa shape index (κ1) is 16.8. The first-order valence-electron chi connectivity index (χ1n) is 9.10. The molecule has 26 heavy (non-hydrogen) atoms. The number of nitrogens with two attached hydrogens (primary N) is 1. The molecule has 0 aromatic heterocycles. The fraction of sp³-hybridized carbons (Fsp3) is 0.333. The zero-order valence-electron chi connectivity index (χ0n) is 14.6. The predicted octanol–water partition coefficient (Wildman–Crippen LogP) is 2.36. The summed E-state index contributed by atoms with van der Waals surface area (Å²) in [5.74, 6) is -0.241. The zero-order chi connectivity index (χ0) is 18.1. The van der Waals surface area contributed by atoms with Gasteiger partial charge in [0.15, 0.2) is 0 Å². The van der Waals surface area contributed by atoms with E-state index in [4.69, 9.17) is 5.73 Å². The number of anilines is 1. The third-order valence-corrected chi connectivity index (χ3v) is 5.51. The average molecular weight is 349 g/mol. The Balaban J connectivity index is 1.45. The van der Waals surface area contributed by atoms with Crippen LogP contribution >= 0.6 is 0 Å². The van der Waals surface area contributed by atoms with Gasteiger partial charge in [-0.1, -0.05) is 30.3 Å². The first-order chi connectivity index (χ1) is 12.6. The molecule has 134 valence electrons. The lowest BCUT2D eigenvalue weighted by atomic mass is 9.96. The van der Waals surface area contributed by atoms with Gasteiger partial charge in [0.25, 0.3) is 5.91 Å². The summed E-state index contributed by atoms with van der Waals surface area (Å²) in [4.78, 5) is 24.5. The second-order valence-electron chi connectivity index (χ2n) is 7.34. The summed E-state index contributed by atoms with van der Waals surface area (Å²) in [6.07, 6.45) is 3.47. The number of benzene rings is 2. The van der Waals surface area contributed by atoms with Crippen LogP contribution in [0.4, 0.5) is 5.69 Å². The van der Waals surface area contributed by atoms with Gasteiger partial charge in [-0.05, 0) is 55.0 Å². The van der Waals surface area contributed by atoms with E-state index < -0.39 is 6.04 Å². The van der Waals surface area contributed by atoms with Crippen molar-refractivity contribution in [2.75, 3.05) is 11.9 Å². The van der Waals surface area contributed by atoms with Crippen LogP contribution in [0.5, 0.6) is 0 Å². The fourth-order valence-corrected chi connectivity index (χ4v) is 3.59. The lowest BCUT2D eigenvalue weighted by molar-refractivity contribution is -0.117. The van der Waals surface area contributed by atoms with Crippen molar-refractivity contribution in [3.63, 3.8) is 0 Å². The monoisotopic (exact) mass is 349 g/mol. The number of hydrogen-bond donors (Lipinski definition) is 3. The van der Waals surface area contributed by atoms with Gasteiger partial charge in [-0.15, -0.1) is 0 Å². The Morgan fingerprint density at radius 1 is 1.19 bits per heavy atom. The number of rotatable bonds is 4. The van der Waals surface area contributed by atoms with Crippen molar-refractivity contribution in [1.29, 1.82) is 0 Å². The maximum absolute atomic E-state index is 12.6. The molecule has 5 nitrogen and oxygen atoms in total. The maximum atomic E-state index is 12.6. The molecular formula is C21H23N3O2. The Kier molecular flexibility index (Phi) is 4.24. The van der Waals surface area contributed by atoms with Crippen molar-refractivity contribution in [1.82, 2.24) is 5.32 Å². The highest BCUT2D eigenvalue weighted by Crippen LogP contribution is 2.47. The van der Waals surface area contributed by atoms with E-state index in [2.05, 4.69) is 22.8 Å². The topological polar surface area (TPSA) is 84.2 Å². The molecule has 0 saturated heterocycles. The standard InChI is InChI=1S/C21H23N3O2/c22-17-8-6-14-12-15(7-9-18(14)24-20(17)26)19(25)23-13-21(10-11-21)16-4-2-1-3-5-16/h1-5,7,9,12,17H,6,8,10-11,13,22H2,(H,23,25)(H,24,26)/t17-/m0/s1. The SMILES string of the molecule is N[C@H]1CCc2cc(C(=O)NCC3(c4ccccc4)CC3)ccc2NC1=O. The molecule has 1 aliphatic carbocycles. The van der Waals surface area contributed by atoms with Gasteiger partial charge in [-0.3, -0.25) is 9.59 Å². The molecule has 1 atom stereocenters. The summed E-state index contributed by atoms with van der Waals surface area (Å²) in [5, 5.41) is 5.92. The molecule has 0 unspecified atom stereocenters. The van der Waals surface area contributed by atoms with E-state index >= 15 is 0 Å². The third kappa shape index (κ3) is 3.22. The zero-order valence-corrected chi connectivity index (χ0v) is 14.6. The molecule has 5 heteroatoms. The fourth-order valence-electron chi connectivity index (χ4n) is 3.59. The molecule has 4 N–H and O–H groups in total. The van der Waals surface area contributed by atoms with E-state index in [1.54, 1.807) is 12.1 Å². The Morgan fingerprint density at radius 3 is 2.69 bits per heavy atom. The van der Waals surface area contributed by atoms with Crippen LogP contribution in [-0.2, 0) is 16.6 Å². The third-order valence-electron chi connectivity index (χ3n) is 5.51. The van der Waals surface area contributed by atoms with Crippen LogP contribution < -0.4 is 16.4 Å². The van der Waals surface area contributed by atoms with Crippen LogP contribution in [0.1, 0.15) is 40.7 Å². The molecule has 0 bridgehead atoms. The van der Waals surface area contributed by atoms with Crippen molar-refractivity contribution >= 4 is 17.5 Å². The predicted molar refractivity (Wildman–Crippen MR) is 101 cm³/mol. The molecule has 4 rings (SSSR count). The number of nitrogens with one attached hydrogen (secondary N) is 2. The average Bonchev–Trinajstić information content (AvgIpc) is 3.47. The summed E-state index contributed by atoms with van der Waals surface area (Å²) in [7, 11) is 0. The van der Waals surface area contributed by atoms with Gasteiger partial charge in [-0.25, -0.2) is 0 Å². The molecule has 1 aliphatic heterocycles. The number of carbonyl (C=O) groups excluding carboxylic acids is 2. The summed E-state index contributed by atoms with van der Waals surface area (Å²) in [5.41, 5.74) is 9.54. The van der Waals surface area contributed by atoms with Crippen LogP contribution in [0.25, 0.3) is 0 Å². The van der Waals surface area contributed by atoms with Crippen LogP contribution in [0, 0.1) is 0 Å². The van der Waals surface area contributed by atoms with Crippen LogP contribution in [0.2, 0.25) is 0 Å². The highest BCUT2D eigenvalue weighted by Gasteiger charge is 2.44. The Labute approximate surface area is 153 Å². The number of carbonyl (C=O) groups is 2. The van der Waals surface area contributed by atoms with Crippen LogP contribution in [-0.4, -0.2) is 24.4 Å². The van der Waals surface area contributed by atoms with Gasteiger partial charge in [0, 0.05) is 23.2 Å². The first-order valence-corrected chi connectivity index (χ1v) is 9.10. The summed E-state index contributed by atoms with van der Waals surface area (Å²) in [6.45, 7) is 0.647. The van der Waals surface area contributed by atoms with E-state index in [0.29, 0.717) is 24.9 Å². The summed E-state index contributed by atoms with van der Waals surface area (Å²) in [6, 6.07) is 15.3. The Hall–Kier alpha value is -2.66. The van der Waals surface area contributed by atoms with Crippen molar-refractivity contribution in [2.45, 2.75) is 37.1 Å². The molecule has 2 amide bonds. The maximum Gasteiger partial charge on any atom is 0.251 e. The minimum Gasteiger partial charge on any atom is -0.351 e. The molecule has 1 fully saturated rings. The number of aryl methyl sites for hydroxylation is 1. The van der Waals surface area contributed by atoms with Gasteiger partial charge in [0.2, 0.25) is 5.91 Å². The second kappa shape index (κ2) is 6.57. The van der Waals surface area contributed by atoms with Crippen molar-refractivity contribution in [3.05, 3.63) is 65.2 Å². The van der Waals surface area contributed by atoms with Crippen molar-refractivity contribution in [3.8, 4) is 0 Å². The van der Waals surface area contributed by atoms with Crippen LogP contribution in [0.15, 0.2) is 48.5 Å². The molecule has 2 aliphatic rings. The summed E-state index contributed by atoms with van der Waals surface area (Å²) < 4.78 is 0. The number of amides is 2. The lowest BCUT2D eigenvalue weighted by Crippen LogP contribution is -2.34. The molecule has 1 saturated carbocycles. The molecule has 1 heterocycles. The van der Waals surface area contributed by atoms with Gasteiger partial charge in [0.05, 0.1) is 6.04 Å². The van der Waals surface area contributed by atoms with Gasteiger partial charge in [-0.2, -0.15) is 0 Å². The van der Waals surface area contributed by atoms with Crippen LogP contribution in [0.3, 0.4) is 0 Å². The van der Waals surface area contributed by atoms with Crippen molar-refractivity contribution < 1.29 is 9.59 Å². The summed E-state index contributed by atoms with van der Waals surface area (Å²) >= 11 is 0. The van der Waals surface area contributed by atoms with E-state index in [1.807, 2.05) is 24.3 Å². The molecule has 2 aromatic rings. The second-order valence-corrected chi connectivity index (χ2v) is 7.34. The van der Waals surface area contributed by atoms with E-state index in [-0.39, 0.29) is 17.2 Å². The molecule has 2 aromatic carbocycles. The minimum atomic E-state index is -0.500.